The molecule has 0 saturated heterocycles. The third-order valence-corrected chi connectivity index (χ3v) is 1.66. The summed E-state index contributed by atoms with van der Waals surface area (Å²) in [5.41, 5.74) is 1.92. The number of carbonyl (C=O) groups is 1. The molecule has 1 amide bonds. The average molecular weight is 208 g/mol. The Labute approximate surface area is 79.8 Å². The van der Waals surface area contributed by atoms with Gasteiger partial charge in [0.05, 0.1) is 6.04 Å². The fourth-order valence-electron chi connectivity index (χ4n) is 0.517. The molecule has 0 saturated carbocycles. The maximum Gasteiger partial charge on any atom is 0.415 e. The smallest absolute Gasteiger partial charge is 0.341 e. The standard InChI is InChI=1S/C8H11F3N2O/c1-4-5(2)13-6(14)7(3,12)8(9,10)11/h1,5H,12H2,2-3H3,(H,13,14). The van der Waals surface area contributed by atoms with Crippen molar-refractivity contribution in [3.05, 3.63) is 0 Å². The summed E-state index contributed by atoms with van der Waals surface area (Å²) < 4.78 is 36.6. The predicted octanol–water partition coefficient (Wildman–Crippen LogP) is 0.404. The van der Waals surface area contributed by atoms with E-state index in [2.05, 4.69) is 5.92 Å². The lowest BCUT2D eigenvalue weighted by Crippen LogP contribution is -2.62. The van der Waals surface area contributed by atoms with E-state index in [9.17, 15) is 18.0 Å². The van der Waals surface area contributed by atoms with Crippen molar-refractivity contribution in [3.8, 4) is 12.3 Å². The lowest BCUT2D eigenvalue weighted by Gasteiger charge is -2.26. The van der Waals surface area contributed by atoms with E-state index >= 15 is 0 Å². The van der Waals surface area contributed by atoms with Gasteiger partial charge in [0, 0.05) is 0 Å². The number of hydrogen-bond donors (Lipinski definition) is 2. The van der Waals surface area contributed by atoms with Crippen LogP contribution in [0.15, 0.2) is 0 Å². The van der Waals surface area contributed by atoms with Crippen LogP contribution in [0.3, 0.4) is 0 Å². The van der Waals surface area contributed by atoms with Gasteiger partial charge in [-0.15, -0.1) is 6.42 Å². The molecule has 2 unspecified atom stereocenters. The van der Waals surface area contributed by atoms with E-state index in [0.717, 1.165) is 0 Å². The number of nitrogens with one attached hydrogen (secondary N) is 1. The van der Waals surface area contributed by atoms with Gasteiger partial charge < -0.3 is 11.1 Å². The topological polar surface area (TPSA) is 55.1 Å². The highest BCUT2D eigenvalue weighted by molar-refractivity contribution is 5.87. The van der Waals surface area contributed by atoms with Crippen LogP contribution in [0, 0.1) is 12.3 Å². The minimum atomic E-state index is -4.80. The molecule has 14 heavy (non-hydrogen) atoms. The highest BCUT2D eigenvalue weighted by Gasteiger charge is 2.54. The number of amides is 1. The molecule has 0 aliphatic carbocycles. The highest BCUT2D eigenvalue weighted by atomic mass is 19.4. The van der Waals surface area contributed by atoms with E-state index in [4.69, 9.17) is 12.2 Å². The summed E-state index contributed by atoms with van der Waals surface area (Å²) in [6.45, 7) is 1.97. The van der Waals surface area contributed by atoms with E-state index in [-0.39, 0.29) is 0 Å². The predicted molar refractivity (Wildman–Crippen MR) is 45.1 cm³/mol. The van der Waals surface area contributed by atoms with Crippen LogP contribution in [0.25, 0.3) is 0 Å². The Balaban J connectivity index is 4.63. The maximum absolute atomic E-state index is 12.2. The first kappa shape index (κ1) is 12.8. The fraction of sp³-hybridized carbons (Fsp3) is 0.625. The van der Waals surface area contributed by atoms with E-state index in [1.807, 2.05) is 5.32 Å². The Hall–Kier alpha value is -1.22. The van der Waals surface area contributed by atoms with Crippen molar-refractivity contribution in [1.29, 1.82) is 0 Å². The molecule has 0 radical (unpaired) electrons. The number of nitrogens with two attached hydrogens (primary N) is 1. The van der Waals surface area contributed by atoms with Gasteiger partial charge in [0.25, 0.3) is 0 Å². The van der Waals surface area contributed by atoms with Gasteiger partial charge in [0.15, 0.2) is 5.54 Å². The largest absolute Gasteiger partial charge is 0.415 e. The summed E-state index contributed by atoms with van der Waals surface area (Å²) in [6.07, 6.45) is 0.0857. The van der Waals surface area contributed by atoms with Gasteiger partial charge in [-0.25, -0.2) is 0 Å². The normalized spacial score (nSPS) is 17.8. The summed E-state index contributed by atoms with van der Waals surface area (Å²) in [5.74, 6) is 0.727. The van der Waals surface area contributed by atoms with Crippen LogP contribution in [0.5, 0.6) is 0 Å². The summed E-state index contributed by atoms with van der Waals surface area (Å²) in [5, 5.41) is 1.96. The first-order chi connectivity index (χ1) is 6.13. The maximum atomic E-state index is 12.2. The lowest BCUT2D eigenvalue weighted by atomic mass is 10.0. The van der Waals surface area contributed by atoms with E-state index < -0.39 is 23.7 Å². The van der Waals surface area contributed by atoms with Gasteiger partial charge in [0.2, 0.25) is 5.91 Å². The molecule has 0 aromatic rings. The summed E-state index contributed by atoms with van der Waals surface area (Å²) >= 11 is 0. The Kier molecular flexibility index (Phi) is 3.54. The second-order valence-corrected chi connectivity index (χ2v) is 3.06. The van der Waals surface area contributed by atoms with Gasteiger partial charge in [-0.2, -0.15) is 13.2 Å². The monoisotopic (exact) mass is 208 g/mol. The number of halogens is 3. The first-order valence-corrected chi connectivity index (χ1v) is 3.75. The number of alkyl halides is 3. The first-order valence-electron chi connectivity index (χ1n) is 3.75. The summed E-state index contributed by atoms with van der Waals surface area (Å²) in [4.78, 5) is 11.0. The average Bonchev–Trinajstić information content (AvgIpc) is 2.01. The van der Waals surface area contributed by atoms with Crippen molar-refractivity contribution in [3.63, 3.8) is 0 Å². The Morgan fingerprint density at radius 3 is 2.29 bits per heavy atom. The van der Waals surface area contributed by atoms with Crippen molar-refractivity contribution in [1.82, 2.24) is 5.32 Å². The van der Waals surface area contributed by atoms with Crippen LogP contribution in [-0.4, -0.2) is 23.7 Å². The molecule has 0 aromatic carbocycles. The second-order valence-electron chi connectivity index (χ2n) is 3.06. The van der Waals surface area contributed by atoms with E-state index in [0.29, 0.717) is 6.92 Å². The van der Waals surface area contributed by atoms with Gasteiger partial charge in [-0.1, -0.05) is 5.92 Å². The van der Waals surface area contributed by atoms with Crippen molar-refractivity contribution >= 4 is 5.91 Å². The van der Waals surface area contributed by atoms with Crippen LogP contribution >= 0.6 is 0 Å². The quantitative estimate of drug-likeness (QED) is 0.645. The van der Waals surface area contributed by atoms with Crippen LogP contribution in [0.1, 0.15) is 13.8 Å². The van der Waals surface area contributed by atoms with Crippen molar-refractivity contribution in [2.45, 2.75) is 31.6 Å². The zero-order valence-corrected chi connectivity index (χ0v) is 7.77. The van der Waals surface area contributed by atoms with Crippen LogP contribution in [0.2, 0.25) is 0 Å². The third kappa shape index (κ3) is 2.64. The second kappa shape index (κ2) is 3.88. The fourth-order valence-corrected chi connectivity index (χ4v) is 0.517. The molecule has 80 valence electrons. The van der Waals surface area contributed by atoms with Crippen LogP contribution < -0.4 is 11.1 Å². The van der Waals surface area contributed by atoms with Crippen molar-refractivity contribution in [2.24, 2.45) is 5.73 Å². The molecule has 0 aliphatic rings. The lowest BCUT2D eigenvalue weighted by molar-refractivity contribution is -0.187. The molecule has 3 nitrogen and oxygen atoms in total. The molecule has 0 heterocycles. The van der Waals surface area contributed by atoms with Crippen molar-refractivity contribution in [2.75, 3.05) is 0 Å². The summed E-state index contributed by atoms with van der Waals surface area (Å²) in [6, 6.07) is -0.785. The minimum Gasteiger partial charge on any atom is -0.341 e. The summed E-state index contributed by atoms with van der Waals surface area (Å²) in [7, 11) is 0. The molecule has 0 bridgehead atoms. The molecule has 6 heteroatoms. The van der Waals surface area contributed by atoms with Gasteiger partial charge >= 0.3 is 6.18 Å². The van der Waals surface area contributed by atoms with Crippen LogP contribution in [-0.2, 0) is 4.79 Å². The zero-order valence-electron chi connectivity index (χ0n) is 7.77. The number of hydrogen-bond acceptors (Lipinski definition) is 2. The molecule has 2 atom stereocenters. The molecule has 0 aromatic heterocycles. The number of rotatable bonds is 2. The molecule has 0 fully saturated rings. The Bertz CT molecular complexity index is 265. The molecular formula is C8H11F3N2O. The zero-order chi connectivity index (χ0) is 11.6. The SMILES string of the molecule is C#CC(C)NC(=O)C(C)(N)C(F)(F)F. The number of carbonyl (C=O) groups excluding carboxylic acids is 1. The van der Waals surface area contributed by atoms with Crippen LogP contribution in [0.4, 0.5) is 13.2 Å². The molecule has 0 aliphatic heterocycles. The van der Waals surface area contributed by atoms with Gasteiger partial charge in [0.1, 0.15) is 0 Å². The Morgan fingerprint density at radius 2 is 2.00 bits per heavy atom. The van der Waals surface area contributed by atoms with Gasteiger partial charge in [-0.3, -0.25) is 4.79 Å². The molecular weight excluding hydrogens is 197 g/mol. The molecule has 0 spiro atoms. The van der Waals surface area contributed by atoms with Gasteiger partial charge in [-0.05, 0) is 13.8 Å². The third-order valence-electron chi connectivity index (χ3n) is 1.66. The van der Waals surface area contributed by atoms with E-state index in [1.54, 1.807) is 0 Å². The highest BCUT2D eigenvalue weighted by Crippen LogP contribution is 2.27. The van der Waals surface area contributed by atoms with Crippen molar-refractivity contribution < 1.29 is 18.0 Å². The number of terminal acetylenes is 1. The molecule has 3 N–H and O–H groups in total. The van der Waals surface area contributed by atoms with E-state index in [1.165, 1.54) is 6.92 Å². The Morgan fingerprint density at radius 1 is 1.57 bits per heavy atom. The minimum absolute atomic E-state index is 0.589. The molecule has 0 rings (SSSR count).